The van der Waals surface area contributed by atoms with Crippen molar-refractivity contribution in [2.75, 3.05) is 18.1 Å². The fourth-order valence-electron chi connectivity index (χ4n) is 2.59. The van der Waals surface area contributed by atoms with Crippen molar-refractivity contribution in [3.63, 3.8) is 0 Å². The summed E-state index contributed by atoms with van der Waals surface area (Å²) in [7, 11) is 1.93. The molecule has 0 saturated heterocycles. The number of anilines is 2. The zero-order valence-corrected chi connectivity index (χ0v) is 12.3. The number of fused-ring (bicyclic) bond motifs is 1. The number of aliphatic hydroxyl groups excluding tert-OH is 1. The zero-order chi connectivity index (χ0) is 15.7. The molecule has 1 aromatic carbocycles. The summed E-state index contributed by atoms with van der Waals surface area (Å²) >= 11 is 0. The van der Waals surface area contributed by atoms with Crippen LogP contribution in [0, 0.1) is 0 Å². The van der Waals surface area contributed by atoms with Crippen LogP contribution in [-0.2, 0) is 13.5 Å². The first kappa shape index (κ1) is 14.3. The predicted octanol–water partition coefficient (Wildman–Crippen LogP) is 1.12. The van der Waals surface area contributed by atoms with Crippen molar-refractivity contribution in [1.29, 1.82) is 0 Å². The van der Waals surface area contributed by atoms with Gasteiger partial charge in [-0.25, -0.2) is 9.97 Å². The van der Waals surface area contributed by atoms with E-state index in [1.54, 1.807) is 0 Å². The number of aryl methyl sites for hydroxylation is 2. The molecule has 0 aliphatic heterocycles. The van der Waals surface area contributed by atoms with Crippen LogP contribution in [0.15, 0.2) is 24.3 Å². The summed E-state index contributed by atoms with van der Waals surface area (Å²) in [6, 6.07) is 7.84. The van der Waals surface area contributed by atoms with Crippen molar-refractivity contribution in [1.82, 2.24) is 19.5 Å². The summed E-state index contributed by atoms with van der Waals surface area (Å²) in [6.45, 7) is 0.0752. The minimum Gasteiger partial charge on any atom is -0.396 e. The monoisotopic (exact) mass is 298 g/mol. The molecule has 3 rings (SSSR count). The maximum atomic E-state index is 9.07. The van der Waals surface area contributed by atoms with E-state index in [2.05, 4.69) is 15.0 Å². The fraction of sp³-hybridized carbons (Fsp3) is 0.267. The molecular weight excluding hydrogens is 280 g/mol. The molecule has 2 aromatic heterocycles. The molecular formula is C15H18N6O. The maximum Gasteiger partial charge on any atom is 0.222 e. The molecule has 114 valence electrons. The predicted molar refractivity (Wildman–Crippen MR) is 86.0 cm³/mol. The van der Waals surface area contributed by atoms with E-state index >= 15 is 0 Å². The number of nitrogens with zero attached hydrogens (tertiary/aromatic N) is 4. The Bertz CT molecular complexity index is 826. The number of aliphatic hydroxyl groups is 1. The summed E-state index contributed by atoms with van der Waals surface area (Å²) in [5.41, 5.74) is 15.0. The molecule has 0 aliphatic carbocycles. The largest absolute Gasteiger partial charge is 0.396 e. The third kappa shape index (κ3) is 2.35. The van der Waals surface area contributed by atoms with Crippen LogP contribution in [0.3, 0.4) is 0 Å². The van der Waals surface area contributed by atoms with Gasteiger partial charge in [0.25, 0.3) is 0 Å². The van der Waals surface area contributed by atoms with Crippen molar-refractivity contribution in [3.8, 4) is 11.4 Å². The van der Waals surface area contributed by atoms with Gasteiger partial charge in [0.1, 0.15) is 11.6 Å². The lowest BCUT2D eigenvalue weighted by Gasteiger charge is -2.11. The van der Waals surface area contributed by atoms with Crippen molar-refractivity contribution >= 4 is 22.8 Å². The van der Waals surface area contributed by atoms with Gasteiger partial charge in [0.2, 0.25) is 5.95 Å². The van der Waals surface area contributed by atoms with Crippen LogP contribution < -0.4 is 11.5 Å². The summed E-state index contributed by atoms with van der Waals surface area (Å²) in [6.07, 6.45) is 1.14. The number of nitrogens with two attached hydrogens (primary N) is 2. The number of rotatable bonds is 4. The lowest BCUT2D eigenvalue weighted by molar-refractivity contribution is 0.288. The van der Waals surface area contributed by atoms with Gasteiger partial charge in [-0.2, -0.15) is 4.98 Å². The fourth-order valence-corrected chi connectivity index (χ4v) is 2.59. The highest BCUT2D eigenvalue weighted by molar-refractivity contribution is 5.83. The van der Waals surface area contributed by atoms with Crippen molar-refractivity contribution < 1.29 is 5.11 Å². The third-order valence-electron chi connectivity index (χ3n) is 3.61. The number of benzene rings is 1. The molecule has 0 aliphatic rings. The molecule has 0 atom stereocenters. The SMILES string of the molecule is Cn1c(-c2c(N)nc(N)nc2CCCO)nc2ccccc21. The molecule has 7 heteroatoms. The lowest BCUT2D eigenvalue weighted by Crippen LogP contribution is -2.09. The van der Waals surface area contributed by atoms with E-state index in [-0.39, 0.29) is 12.6 Å². The van der Waals surface area contributed by atoms with Crippen LogP contribution in [-0.4, -0.2) is 31.2 Å². The lowest BCUT2D eigenvalue weighted by atomic mass is 10.1. The zero-order valence-electron chi connectivity index (χ0n) is 12.3. The van der Waals surface area contributed by atoms with E-state index in [0.717, 1.165) is 11.0 Å². The van der Waals surface area contributed by atoms with Gasteiger partial charge in [0.15, 0.2) is 0 Å². The molecule has 0 fully saturated rings. The molecule has 3 aromatic rings. The van der Waals surface area contributed by atoms with Gasteiger partial charge in [0.05, 0.1) is 22.3 Å². The quantitative estimate of drug-likeness (QED) is 0.664. The Kier molecular flexibility index (Phi) is 3.64. The van der Waals surface area contributed by atoms with Gasteiger partial charge < -0.3 is 21.1 Å². The van der Waals surface area contributed by atoms with E-state index in [4.69, 9.17) is 16.6 Å². The minimum absolute atomic E-state index is 0.0752. The van der Waals surface area contributed by atoms with E-state index in [0.29, 0.717) is 35.7 Å². The number of aromatic nitrogens is 4. The molecule has 5 N–H and O–H groups in total. The van der Waals surface area contributed by atoms with Gasteiger partial charge >= 0.3 is 0 Å². The summed E-state index contributed by atoms with van der Waals surface area (Å²) in [4.78, 5) is 13.0. The Morgan fingerprint density at radius 1 is 1.14 bits per heavy atom. The highest BCUT2D eigenvalue weighted by Gasteiger charge is 2.19. The standard InChI is InChI=1S/C15H18N6O/c1-21-11-7-3-2-5-9(11)18-14(21)12-10(6-4-8-22)19-15(17)20-13(12)16/h2-3,5,7,22H,4,6,8H2,1H3,(H4,16,17,19,20). The molecule has 0 bridgehead atoms. The van der Waals surface area contributed by atoms with Gasteiger partial charge in [0, 0.05) is 13.7 Å². The van der Waals surface area contributed by atoms with Crippen LogP contribution in [0.5, 0.6) is 0 Å². The highest BCUT2D eigenvalue weighted by atomic mass is 16.2. The minimum atomic E-state index is 0.0752. The first-order chi connectivity index (χ1) is 10.6. The van der Waals surface area contributed by atoms with Crippen LogP contribution >= 0.6 is 0 Å². The summed E-state index contributed by atoms with van der Waals surface area (Å²) < 4.78 is 1.96. The second-order valence-electron chi connectivity index (χ2n) is 5.10. The Morgan fingerprint density at radius 2 is 1.91 bits per heavy atom. The normalized spacial score (nSPS) is 11.2. The van der Waals surface area contributed by atoms with E-state index in [1.807, 2.05) is 35.9 Å². The van der Waals surface area contributed by atoms with Crippen LogP contribution in [0.25, 0.3) is 22.4 Å². The smallest absolute Gasteiger partial charge is 0.222 e. The molecule has 0 saturated carbocycles. The molecule has 0 amide bonds. The number of hydrogen-bond acceptors (Lipinski definition) is 6. The Morgan fingerprint density at radius 3 is 2.64 bits per heavy atom. The highest BCUT2D eigenvalue weighted by Crippen LogP contribution is 2.30. The van der Waals surface area contributed by atoms with Crippen LogP contribution in [0.1, 0.15) is 12.1 Å². The van der Waals surface area contributed by atoms with Gasteiger partial charge in [-0.3, -0.25) is 0 Å². The van der Waals surface area contributed by atoms with E-state index in [9.17, 15) is 0 Å². The topological polar surface area (TPSA) is 116 Å². The molecule has 7 nitrogen and oxygen atoms in total. The third-order valence-corrected chi connectivity index (χ3v) is 3.61. The summed E-state index contributed by atoms with van der Waals surface area (Å²) in [5.74, 6) is 1.14. The van der Waals surface area contributed by atoms with Crippen LogP contribution in [0.2, 0.25) is 0 Å². The summed E-state index contributed by atoms with van der Waals surface area (Å²) in [5, 5.41) is 9.07. The molecule has 22 heavy (non-hydrogen) atoms. The number of para-hydroxylation sites is 2. The molecule has 0 spiro atoms. The Balaban J connectivity index is 2.22. The van der Waals surface area contributed by atoms with Gasteiger partial charge in [-0.05, 0) is 25.0 Å². The van der Waals surface area contributed by atoms with E-state index in [1.165, 1.54) is 0 Å². The second-order valence-corrected chi connectivity index (χ2v) is 5.10. The average molecular weight is 298 g/mol. The Labute approximate surface area is 127 Å². The van der Waals surface area contributed by atoms with Gasteiger partial charge in [-0.15, -0.1) is 0 Å². The maximum absolute atomic E-state index is 9.07. The first-order valence-electron chi connectivity index (χ1n) is 7.06. The molecule has 2 heterocycles. The molecule has 0 unspecified atom stereocenters. The van der Waals surface area contributed by atoms with E-state index < -0.39 is 0 Å². The van der Waals surface area contributed by atoms with Crippen molar-refractivity contribution in [2.45, 2.75) is 12.8 Å². The van der Waals surface area contributed by atoms with Crippen molar-refractivity contribution in [3.05, 3.63) is 30.0 Å². The second kappa shape index (κ2) is 5.61. The number of hydrogen-bond donors (Lipinski definition) is 3. The average Bonchev–Trinajstić information content (AvgIpc) is 2.82. The Hall–Kier alpha value is -2.67. The van der Waals surface area contributed by atoms with Gasteiger partial charge in [-0.1, -0.05) is 12.1 Å². The molecule has 0 radical (unpaired) electrons. The van der Waals surface area contributed by atoms with Crippen LogP contribution in [0.4, 0.5) is 11.8 Å². The first-order valence-corrected chi connectivity index (χ1v) is 7.06. The number of imidazole rings is 1. The number of nitrogen functional groups attached to an aromatic ring is 2. The van der Waals surface area contributed by atoms with Crippen molar-refractivity contribution in [2.24, 2.45) is 7.05 Å².